The fourth-order valence-electron chi connectivity index (χ4n) is 1.08. The van der Waals surface area contributed by atoms with Gasteiger partial charge < -0.3 is 4.74 Å². The Kier molecular flexibility index (Phi) is 3.92. The van der Waals surface area contributed by atoms with Crippen molar-refractivity contribution in [2.75, 3.05) is 0 Å². The summed E-state index contributed by atoms with van der Waals surface area (Å²) in [7, 11) is 0. The zero-order valence-electron chi connectivity index (χ0n) is 8.32. The monoisotopic (exact) mass is 190 g/mol. The molecule has 0 unspecified atom stereocenters. The lowest BCUT2D eigenvalue weighted by atomic mass is 10.1. The van der Waals surface area contributed by atoms with Gasteiger partial charge in [0.2, 0.25) is 0 Å². The molecule has 0 spiro atoms. The highest BCUT2D eigenvalue weighted by atomic mass is 16.5. The molecular weight excluding hydrogens is 176 g/mol. The second-order valence-corrected chi connectivity index (χ2v) is 2.98. The van der Waals surface area contributed by atoms with Gasteiger partial charge in [-0.15, -0.1) is 0 Å². The van der Waals surface area contributed by atoms with Gasteiger partial charge in [-0.05, 0) is 17.5 Å². The number of hydrogen-bond acceptors (Lipinski definition) is 2. The van der Waals surface area contributed by atoms with E-state index in [4.69, 9.17) is 4.74 Å². The summed E-state index contributed by atoms with van der Waals surface area (Å²) in [5, 5.41) is 0. The molecule has 0 aliphatic rings. The van der Waals surface area contributed by atoms with Crippen LogP contribution in [0.2, 0.25) is 0 Å². The molecule has 2 heteroatoms. The highest BCUT2D eigenvalue weighted by Gasteiger charge is 1.97. The van der Waals surface area contributed by atoms with E-state index in [2.05, 4.69) is 13.5 Å². The Morgan fingerprint density at radius 1 is 1.36 bits per heavy atom. The van der Waals surface area contributed by atoms with Crippen LogP contribution in [0.3, 0.4) is 0 Å². The van der Waals surface area contributed by atoms with Crippen molar-refractivity contribution in [2.45, 2.75) is 20.0 Å². The molecule has 1 aromatic carbocycles. The Bertz CT molecular complexity index is 312. The van der Waals surface area contributed by atoms with Crippen LogP contribution in [0, 0.1) is 0 Å². The van der Waals surface area contributed by atoms with Crippen LogP contribution in [0.15, 0.2) is 36.9 Å². The minimum Gasteiger partial charge on any atom is -0.458 e. The normalized spacial score (nSPS) is 9.50. The Morgan fingerprint density at radius 3 is 2.43 bits per heavy atom. The SMILES string of the molecule is C=CC(=O)OCc1ccc(CC)cc1. The summed E-state index contributed by atoms with van der Waals surface area (Å²) in [6.07, 6.45) is 2.19. The van der Waals surface area contributed by atoms with Crippen LogP contribution in [0.1, 0.15) is 18.1 Å². The van der Waals surface area contributed by atoms with Crippen molar-refractivity contribution in [1.29, 1.82) is 0 Å². The van der Waals surface area contributed by atoms with Crippen molar-refractivity contribution in [3.05, 3.63) is 48.0 Å². The highest BCUT2D eigenvalue weighted by molar-refractivity contribution is 5.81. The third-order valence-electron chi connectivity index (χ3n) is 1.98. The van der Waals surface area contributed by atoms with Gasteiger partial charge in [-0.1, -0.05) is 37.8 Å². The number of ether oxygens (including phenoxy) is 1. The van der Waals surface area contributed by atoms with Gasteiger partial charge in [0.25, 0.3) is 0 Å². The number of carbonyl (C=O) groups is 1. The molecule has 0 heterocycles. The quantitative estimate of drug-likeness (QED) is 0.538. The van der Waals surface area contributed by atoms with E-state index in [0.29, 0.717) is 6.61 Å². The van der Waals surface area contributed by atoms with Crippen LogP contribution in [0.5, 0.6) is 0 Å². The molecule has 14 heavy (non-hydrogen) atoms. The summed E-state index contributed by atoms with van der Waals surface area (Å²) in [5.74, 6) is -0.385. The Hall–Kier alpha value is -1.57. The first-order valence-electron chi connectivity index (χ1n) is 4.63. The van der Waals surface area contributed by atoms with Crippen molar-refractivity contribution in [2.24, 2.45) is 0 Å². The average Bonchev–Trinajstić information content (AvgIpc) is 2.26. The van der Waals surface area contributed by atoms with E-state index in [-0.39, 0.29) is 5.97 Å². The number of esters is 1. The van der Waals surface area contributed by atoms with Gasteiger partial charge in [-0.25, -0.2) is 4.79 Å². The van der Waals surface area contributed by atoms with Gasteiger partial charge in [0, 0.05) is 6.08 Å². The molecule has 0 N–H and O–H groups in total. The van der Waals surface area contributed by atoms with Crippen molar-refractivity contribution in [3.8, 4) is 0 Å². The Morgan fingerprint density at radius 2 is 1.93 bits per heavy atom. The molecule has 0 aliphatic carbocycles. The standard InChI is InChI=1S/C12H14O2/c1-3-10-5-7-11(8-6-10)9-14-12(13)4-2/h4-8H,2-3,9H2,1H3. The van der Waals surface area contributed by atoms with E-state index in [0.717, 1.165) is 12.0 Å². The van der Waals surface area contributed by atoms with E-state index in [1.807, 2.05) is 24.3 Å². The van der Waals surface area contributed by atoms with Gasteiger partial charge in [-0.3, -0.25) is 0 Å². The molecule has 0 saturated carbocycles. The van der Waals surface area contributed by atoms with Crippen LogP contribution < -0.4 is 0 Å². The lowest BCUT2D eigenvalue weighted by Crippen LogP contribution is -2.00. The second-order valence-electron chi connectivity index (χ2n) is 2.98. The molecular formula is C12H14O2. The molecule has 0 bridgehead atoms. The topological polar surface area (TPSA) is 26.3 Å². The summed E-state index contributed by atoms with van der Waals surface area (Å²) in [4.78, 5) is 10.8. The number of carbonyl (C=O) groups excluding carboxylic acids is 1. The highest BCUT2D eigenvalue weighted by Crippen LogP contribution is 2.06. The van der Waals surface area contributed by atoms with Crippen LogP contribution in [0.25, 0.3) is 0 Å². The Labute approximate surface area is 84.2 Å². The second kappa shape index (κ2) is 5.22. The zero-order valence-corrected chi connectivity index (χ0v) is 8.32. The number of aryl methyl sites for hydroxylation is 1. The molecule has 2 nitrogen and oxygen atoms in total. The van der Waals surface area contributed by atoms with Gasteiger partial charge in [0.15, 0.2) is 0 Å². The molecule has 0 radical (unpaired) electrons. The van der Waals surface area contributed by atoms with Gasteiger partial charge in [0.1, 0.15) is 6.61 Å². The van der Waals surface area contributed by atoms with Gasteiger partial charge >= 0.3 is 5.97 Å². The Balaban J connectivity index is 2.51. The molecule has 0 aliphatic heterocycles. The average molecular weight is 190 g/mol. The van der Waals surface area contributed by atoms with Gasteiger partial charge in [-0.2, -0.15) is 0 Å². The predicted octanol–water partition coefficient (Wildman–Crippen LogP) is 2.48. The maximum Gasteiger partial charge on any atom is 0.330 e. The molecule has 0 amide bonds. The first-order chi connectivity index (χ1) is 6.76. The number of rotatable bonds is 4. The first-order valence-corrected chi connectivity index (χ1v) is 4.63. The summed E-state index contributed by atoms with van der Waals surface area (Å²) in [6, 6.07) is 8.01. The summed E-state index contributed by atoms with van der Waals surface area (Å²) in [6.45, 7) is 5.74. The van der Waals surface area contributed by atoms with Crippen LogP contribution in [0.4, 0.5) is 0 Å². The largest absolute Gasteiger partial charge is 0.458 e. The number of benzene rings is 1. The minimum absolute atomic E-state index is 0.314. The maximum absolute atomic E-state index is 10.8. The van der Waals surface area contributed by atoms with E-state index in [1.165, 1.54) is 11.6 Å². The van der Waals surface area contributed by atoms with E-state index < -0.39 is 0 Å². The van der Waals surface area contributed by atoms with Crippen LogP contribution in [-0.2, 0) is 22.6 Å². The van der Waals surface area contributed by atoms with Gasteiger partial charge in [0.05, 0.1) is 0 Å². The smallest absolute Gasteiger partial charge is 0.330 e. The third-order valence-corrected chi connectivity index (χ3v) is 1.98. The lowest BCUT2D eigenvalue weighted by molar-refractivity contribution is -0.138. The van der Waals surface area contributed by atoms with Crippen molar-refractivity contribution >= 4 is 5.97 Å². The maximum atomic E-state index is 10.8. The van der Waals surface area contributed by atoms with Crippen molar-refractivity contribution in [1.82, 2.24) is 0 Å². The predicted molar refractivity (Wildman–Crippen MR) is 55.8 cm³/mol. The van der Waals surface area contributed by atoms with Crippen molar-refractivity contribution < 1.29 is 9.53 Å². The van der Waals surface area contributed by atoms with E-state index >= 15 is 0 Å². The summed E-state index contributed by atoms with van der Waals surface area (Å²) in [5.41, 5.74) is 2.28. The number of hydrogen-bond donors (Lipinski definition) is 0. The van der Waals surface area contributed by atoms with Crippen molar-refractivity contribution in [3.63, 3.8) is 0 Å². The molecule has 74 valence electrons. The minimum atomic E-state index is -0.385. The summed E-state index contributed by atoms with van der Waals surface area (Å²) >= 11 is 0. The molecule has 0 atom stereocenters. The molecule has 1 aromatic rings. The summed E-state index contributed by atoms with van der Waals surface area (Å²) < 4.78 is 4.89. The zero-order chi connectivity index (χ0) is 10.4. The third kappa shape index (κ3) is 3.05. The molecule has 0 saturated heterocycles. The molecule has 1 rings (SSSR count). The lowest BCUT2D eigenvalue weighted by Gasteiger charge is -2.02. The first kappa shape index (κ1) is 10.5. The van der Waals surface area contributed by atoms with E-state index in [9.17, 15) is 4.79 Å². The van der Waals surface area contributed by atoms with Crippen LogP contribution in [-0.4, -0.2) is 5.97 Å². The fourth-order valence-corrected chi connectivity index (χ4v) is 1.08. The fraction of sp³-hybridized carbons (Fsp3) is 0.250. The van der Waals surface area contributed by atoms with E-state index in [1.54, 1.807) is 0 Å². The molecule has 0 aromatic heterocycles. The van der Waals surface area contributed by atoms with Crippen LogP contribution >= 0.6 is 0 Å². The molecule has 0 fully saturated rings.